The van der Waals surface area contributed by atoms with Crippen LogP contribution in [0.3, 0.4) is 0 Å². The first kappa shape index (κ1) is 22.2. The summed E-state index contributed by atoms with van der Waals surface area (Å²) in [6.45, 7) is 0.974. The summed E-state index contributed by atoms with van der Waals surface area (Å²) in [5.41, 5.74) is 0.581. The van der Waals surface area contributed by atoms with Gasteiger partial charge in [0.05, 0.1) is 11.8 Å². The average Bonchev–Trinajstić information content (AvgIpc) is 3.24. The van der Waals surface area contributed by atoms with Gasteiger partial charge >= 0.3 is 6.36 Å². The quantitative estimate of drug-likeness (QED) is 0.566. The second-order valence-corrected chi connectivity index (χ2v) is 7.59. The van der Waals surface area contributed by atoms with Crippen molar-refractivity contribution in [1.29, 1.82) is 0 Å². The lowest BCUT2D eigenvalue weighted by molar-refractivity contribution is -0.274. The summed E-state index contributed by atoms with van der Waals surface area (Å²) in [7, 11) is 0. The molecule has 2 heterocycles. The lowest BCUT2D eigenvalue weighted by Crippen LogP contribution is -2.34. The number of ether oxygens (including phenoxy) is 2. The first-order chi connectivity index (χ1) is 15.3. The fourth-order valence-electron chi connectivity index (χ4n) is 3.32. The fourth-order valence-corrected chi connectivity index (χ4v) is 3.50. The van der Waals surface area contributed by atoms with Crippen LogP contribution in [0, 0.1) is 0 Å². The molecule has 0 saturated carbocycles. The van der Waals surface area contributed by atoms with Crippen LogP contribution in [0.2, 0.25) is 5.02 Å². The number of amides is 1. The Morgan fingerprint density at radius 3 is 2.81 bits per heavy atom. The van der Waals surface area contributed by atoms with Crippen molar-refractivity contribution in [3.8, 4) is 5.75 Å². The molecule has 1 atom stereocenters. The molecule has 0 unspecified atom stereocenters. The zero-order chi connectivity index (χ0) is 22.7. The molecule has 1 aliphatic heterocycles. The van der Waals surface area contributed by atoms with E-state index in [1.54, 1.807) is 24.3 Å². The van der Waals surface area contributed by atoms with E-state index in [1.165, 1.54) is 12.1 Å². The third-order valence-electron chi connectivity index (χ3n) is 4.75. The second-order valence-electron chi connectivity index (χ2n) is 7.15. The minimum absolute atomic E-state index is 0.0613. The second kappa shape index (κ2) is 9.22. The van der Waals surface area contributed by atoms with Gasteiger partial charge in [-0.05, 0) is 49.2 Å². The molecular formula is C22H18ClF3N2O4. The normalized spacial score (nSPS) is 17.0. The van der Waals surface area contributed by atoms with Gasteiger partial charge in [-0.2, -0.15) is 0 Å². The molecule has 0 radical (unpaired) electrons. The molecule has 1 fully saturated rings. The smallest absolute Gasteiger partial charge is 0.438 e. The minimum Gasteiger partial charge on any atom is -0.438 e. The van der Waals surface area contributed by atoms with Gasteiger partial charge in [0.15, 0.2) is 0 Å². The minimum atomic E-state index is -4.83. The number of hydrogen-bond acceptors (Lipinski definition) is 5. The number of hydrogen-bond donors (Lipinski definition) is 1. The number of benzene rings is 2. The maximum Gasteiger partial charge on any atom is 0.573 e. The standard InChI is InChI=1S/C22H18ClF3N2O4/c23-14-6-7-19-13(9-14)10-18(20(29)27-12-17-5-2-8-30-17)21(31-19)28-15-3-1-4-16(11-15)32-22(24,25)26/h1,3-4,6-7,9-11,17H,2,5,8,12H2,(H,27,29)/t17-/m1/s1. The van der Waals surface area contributed by atoms with Crippen molar-refractivity contribution in [2.75, 3.05) is 13.2 Å². The molecule has 3 aromatic rings. The van der Waals surface area contributed by atoms with E-state index in [9.17, 15) is 18.0 Å². The molecule has 0 spiro atoms. The highest BCUT2D eigenvalue weighted by molar-refractivity contribution is 6.31. The molecule has 168 valence electrons. The number of halogens is 4. The van der Waals surface area contributed by atoms with E-state index >= 15 is 0 Å². The Bertz CT molecular complexity index is 1200. The van der Waals surface area contributed by atoms with Gasteiger partial charge in [0.2, 0.25) is 5.55 Å². The van der Waals surface area contributed by atoms with Crippen LogP contribution in [0.15, 0.2) is 57.9 Å². The number of carbonyl (C=O) groups is 1. The largest absolute Gasteiger partial charge is 0.573 e. The first-order valence-electron chi connectivity index (χ1n) is 9.80. The third kappa shape index (κ3) is 5.60. The highest BCUT2D eigenvalue weighted by Crippen LogP contribution is 2.26. The van der Waals surface area contributed by atoms with Crippen molar-refractivity contribution in [3.05, 3.63) is 64.7 Å². The van der Waals surface area contributed by atoms with Crippen LogP contribution in [0.4, 0.5) is 18.9 Å². The molecule has 1 aliphatic rings. The van der Waals surface area contributed by atoms with Gasteiger partial charge in [-0.15, -0.1) is 13.2 Å². The highest BCUT2D eigenvalue weighted by Gasteiger charge is 2.31. The summed E-state index contributed by atoms with van der Waals surface area (Å²) in [5.74, 6) is -0.886. The van der Waals surface area contributed by atoms with Gasteiger partial charge in [-0.3, -0.25) is 4.79 Å². The molecule has 1 amide bonds. The van der Waals surface area contributed by atoms with Crippen molar-refractivity contribution in [1.82, 2.24) is 5.32 Å². The molecule has 1 aromatic heterocycles. The van der Waals surface area contributed by atoms with E-state index in [-0.39, 0.29) is 22.9 Å². The molecule has 32 heavy (non-hydrogen) atoms. The molecule has 1 saturated heterocycles. The number of carbonyl (C=O) groups excluding carboxylic acids is 1. The summed E-state index contributed by atoms with van der Waals surface area (Å²) >= 11 is 6.05. The Kier molecular flexibility index (Phi) is 6.38. The van der Waals surface area contributed by atoms with Gasteiger partial charge in [0.25, 0.3) is 5.91 Å². The Balaban J connectivity index is 1.73. The predicted molar refractivity (Wildman–Crippen MR) is 111 cm³/mol. The zero-order valence-corrected chi connectivity index (χ0v) is 17.4. The SMILES string of the molecule is O=C(NC[C@H]1CCCO1)c1cc2cc(Cl)ccc2oc1=Nc1cccc(OC(F)(F)F)c1. The maximum absolute atomic E-state index is 12.9. The average molecular weight is 467 g/mol. The lowest BCUT2D eigenvalue weighted by atomic mass is 10.1. The van der Waals surface area contributed by atoms with Gasteiger partial charge < -0.3 is 19.2 Å². The Hall–Kier alpha value is -3.04. The van der Waals surface area contributed by atoms with Crippen LogP contribution in [-0.2, 0) is 4.74 Å². The maximum atomic E-state index is 12.9. The van der Waals surface area contributed by atoms with Crippen molar-refractivity contribution in [3.63, 3.8) is 0 Å². The number of nitrogens with one attached hydrogen (secondary N) is 1. The van der Waals surface area contributed by atoms with Crippen molar-refractivity contribution < 1.29 is 31.9 Å². The van der Waals surface area contributed by atoms with Gasteiger partial charge in [-0.25, -0.2) is 4.99 Å². The van der Waals surface area contributed by atoms with E-state index in [4.69, 9.17) is 20.8 Å². The van der Waals surface area contributed by atoms with E-state index in [0.717, 1.165) is 25.0 Å². The van der Waals surface area contributed by atoms with Gasteiger partial charge in [0.1, 0.15) is 16.9 Å². The Labute approximate surface area is 185 Å². The van der Waals surface area contributed by atoms with E-state index in [2.05, 4.69) is 15.0 Å². The molecule has 0 aliphatic carbocycles. The highest BCUT2D eigenvalue weighted by atomic mass is 35.5. The van der Waals surface area contributed by atoms with Crippen LogP contribution < -0.4 is 15.6 Å². The van der Waals surface area contributed by atoms with Crippen LogP contribution in [0.5, 0.6) is 5.75 Å². The number of rotatable bonds is 5. The van der Waals surface area contributed by atoms with Gasteiger partial charge in [0, 0.05) is 29.6 Å². The number of alkyl halides is 3. The Morgan fingerprint density at radius 2 is 2.06 bits per heavy atom. The van der Waals surface area contributed by atoms with Crippen LogP contribution in [-0.4, -0.2) is 31.5 Å². The molecule has 10 heteroatoms. The summed E-state index contributed by atoms with van der Waals surface area (Å²) in [4.78, 5) is 17.2. The molecule has 2 aromatic carbocycles. The molecule has 4 rings (SSSR count). The Morgan fingerprint density at radius 1 is 1.22 bits per heavy atom. The summed E-state index contributed by atoms with van der Waals surface area (Å²) in [5, 5.41) is 3.83. The van der Waals surface area contributed by atoms with E-state index < -0.39 is 18.0 Å². The lowest BCUT2D eigenvalue weighted by Gasteiger charge is -2.11. The van der Waals surface area contributed by atoms with Crippen LogP contribution in [0.25, 0.3) is 11.0 Å². The molecular weight excluding hydrogens is 449 g/mol. The van der Waals surface area contributed by atoms with Crippen LogP contribution >= 0.6 is 11.6 Å². The van der Waals surface area contributed by atoms with Crippen LogP contribution in [0.1, 0.15) is 23.2 Å². The van der Waals surface area contributed by atoms with E-state index in [0.29, 0.717) is 29.1 Å². The number of fused-ring (bicyclic) bond motifs is 1. The summed E-state index contributed by atoms with van der Waals surface area (Å²) in [6, 6.07) is 11.5. The zero-order valence-electron chi connectivity index (χ0n) is 16.6. The summed E-state index contributed by atoms with van der Waals surface area (Å²) < 4.78 is 52.9. The topological polar surface area (TPSA) is 73.1 Å². The molecule has 1 N–H and O–H groups in total. The molecule has 6 nitrogen and oxygen atoms in total. The summed E-state index contributed by atoms with van der Waals surface area (Å²) in [6.07, 6.45) is -3.12. The molecule has 0 bridgehead atoms. The first-order valence-corrected chi connectivity index (χ1v) is 10.2. The predicted octanol–water partition coefficient (Wildman–Crippen LogP) is 5.13. The van der Waals surface area contributed by atoms with Crippen molar-refractivity contribution >= 4 is 34.2 Å². The van der Waals surface area contributed by atoms with E-state index in [1.807, 2.05) is 0 Å². The van der Waals surface area contributed by atoms with Crippen molar-refractivity contribution in [2.45, 2.75) is 25.3 Å². The van der Waals surface area contributed by atoms with Gasteiger partial charge in [-0.1, -0.05) is 17.7 Å². The fraction of sp³-hybridized carbons (Fsp3) is 0.273. The third-order valence-corrected chi connectivity index (χ3v) is 4.98. The monoisotopic (exact) mass is 466 g/mol. The van der Waals surface area contributed by atoms with Crippen molar-refractivity contribution in [2.24, 2.45) is 4.99 Å². The number of nitrogens with zero attached hydrogens (tertiary/aromatic N) is 1.